The second-order valence-corrected chi connectivity index (χ2v) is 7.30. The summed E-state index contributed by atoms with van der Waals surface area (Å²) in [5.74, 6) is -0.679. The van der Waals surface area contributed by atoms with Crippen LogP contribution in [0.4, 0.5) is 5.69 Å². The lowest BCUT2D eigenvalue weighted by Gasteiger charge is -2.40. The first-order chi connectivity index (χ1) is 13.3. The Morgan fingerprint density at radius 2 is 1.64 bits per heavy atom. The lowest BCUT2D eigenvalue weighted by Crippen LogP contribution is -2.56. The maximum Gasteiger partial charge on any atom is 0.334 e. The van der Waals surface area contributed by atoms with Crippen molar-refractivity contribution in [1.29, 1.82) is 5.26 Å². The molecule has 2 unspecified atom stereocenters. The van der Waals surface area contributed by atoms with E-state index < -0.39 is 17.4 Å². The zero-order chi connectivity index (χ0) is 20.7. The molecule has 1 N–H and O–H groups in total. The molecule has 2 aromatic rings. The molecule has 0 bridgehead atoms. The normalized spacial score (nSPS) is 14.1. The van der Waals surface area contributed by atoms with Gasteiger partial charge in [-0.15, -0.1) is 0 Å². The summed E-state index contributed by atoms with van der Waals surface area (Å²) in [4.78, 5) is 13.4. The molecule has 0 saturated heterocycles. The van der Waals surface area contributed by atoms with Crippen molar-refractivity contribution in [2.24, 2.45) is 5.92 Å². The number of nitriles is 1. The summed E-state index contributed by atoms with van der Waals surface area (Å²) in [6, 6.07) is 19.0. The highest BCUT2D eigenvalue weighted by molar-refractivity contribution is 5.87. The van der Waals surface area contributed by atoms with Crippen LogP contribution in [0.2, 0.25) is 0 Å². The average Bonchev–Trinajstić information content (AvgIpc) is 2.68. The number of hydrogen-bond donors (Lipinski definition) is 1. The van der Waals surface area contributed by atoms with Crippen LogP contribution in [0, 0.1) is 17.2 Å². The Kier molecular flexibility index (Phi) is 7.06. The number of esters is 1. The molecular formula is C23H28N2O3. The number of methoxy groups -OCH3 is 1. The number of nitrogens with zero attached hydrogens (tertiary/aromatic N) is 1. The zero-order valence-corrected chi connectivity index (χ0v) is 17.1. The van der Waals surface area contributed by atoms with E-state index >= 15 is 0 Å². The van der Waals surface area contributed by atoms with Crippen LogP contribution >= 0.6 is 0 Å². The Morgan fingerprint density at radius 3 is 2.11 bits per heavy atom. The van der Waals surface area contributed by atoms with Gasteiger partial charge in [0.1, 0.15) is 11.7 Å². The highest BCUT2D eigenvalue weighted by Crippen LogP contribution is 2.39. The maximum absolute atomic E-state index is 13.4. The summed E-state index contributed by atoms with van der Waals surface area (Å²) in [5, 5.41) is 13.4. The van der Waals surface area contributed by atoms with E-state index in [2.05, 4.69) is 11.4 Å². The summed E-state index contributed by atoms with van der Waals surface area (Å²) >= 11 is 0. The highest BCUT2D eigenvalue weighted by atomic mass is 16.5. The largest absolute Gasteiger partial charge is 0.497 e. The summed E-state index contributed by atoms with van der Waals surface area (Å²) < 4.78 is 10.8. The molecule has 28 heavy (non-hydrogen) atoms. The number of rotatable bonds is 8. The summed E-state index contributed by atoms with van der Waals surface area (Å²) in [6.45, 7) is 7.46. The molecule has 0 aliphatic carbocycles. The predicted octanol–water partition coefficient (Wildman–Crippen LogP) is 4.76. The monoisotopic (exact) mass is 380 g/mol. The number of ether oxygens (including phenoxy) is 2. The van der Waals surface area contributed by atoms with Crippen molar-refractivity contribution in [3.63, 3.8) is 0 Å². The van der Waals surface area contributed by atoms with Crippen LogP contribution in [0.25, 0.3) is 0 Å². The molecule has 2 aromatic carbocycles. The Labute approximate surface area is 167 Å². The molecule has 2 rings (SSSR count). The second-order valence-electron chi connectivity index (χ2n) is 7.30. The van der Waals surface area contributed by atoms with Crippen LogP contribution in [0.5, 0.6) is 5.75 Å². The van der Waals surface area contributed by atoms with Crippen molar-refractivity contribution < 1.29 is 14.3 Å². The quantitative estimate of drug-likeness (QED) is 0.669. The topological polar surface area (TPSA) is 71.3 Å². The summed E-state index contributed by atoms with van der Waals surface area (Å²) in [6.07, 6.45) is -0.293. The maximum atomic E-state index is 13.4. The van der Waals surface area contributed by atoms with Crippen LogP contribution < -0.4 is 10.1 Å². The lowest BCUT2D eigenvalue weighted by atomic mass is 9.72. The number of benzene rings is 2. The van der Waals surface area contributed by atoms with E-state index in [1.54, 1.807) is 21.0 Å². The van der Waals surface area contributed by atoms with Crippen molar-refractivity contribution in [3.05, 3.63) is 60.2 Å². The number of carbonyl (C=O) groups is 1. The van der Waals surface area contributed by atoms with Crippen molar-refractivity contribution in [2.75, 3.05) is 12.4 Å². The van der Waals surface area contributed by atoms with Gasteiger partial charge in [-0.25, -0.2) is 4.79 Å². The van der Waals surface area contributed by atoms with Crippen molar-refractivity contribution in [2.45, 2.75) is 45.3 Å². The minimum absolute atomic E-state index is 0.217. The molecule has 0 radical (unpaired) electrons. The molecule has 5 heteroatoms. The van der Waals surface area contributed by atoms with Crippen molar-refractivity contribution >= 4 is 11.7 Å². The van der Waals surface area contributed by atoms with Gasteiger partial charge in [-0.1, -0.05) is 44.2 Å². The highest BCUT2D eigenvalue weighted by Gasteiger charge is 2.51. The van der Waals surface area contributed by atoms with E-state index in [1.807, 2.05) is 68.4 Å². The van der Waals surface area contributed by atoms with Gasteiger partial charge in [0.05, 0.1) is 19.3 Å². The fraction of sp³-hybridized carbons (Fsp3) is 0.391. The Bertz CT molecular complexity index is 810. The van der Waals surface area contributed by atoms with Gasteiger partial charge in [-0.3, -0.25) is 0 Å². The smallest absolute Gasteiger partial charge is 0.334 e. The lowest BCUT2D eigenvalue weighted by molar-refractivity contribution is -0.155. The summed E-state index contributed by atoms with van der Waals surface area (Å²) in [5.41, 5.74) is 0.224. The number of carbonyl (C=O) groups excluding carboxylic acids is 1. The van der Waals surface area contributed by atoms with Gasteiger partial charge in [0.15, 0.2) is 5.54 Å². The molecular weight excluding hydrogens is 352 g/mol. The third-order valence-electron chi connectivity index (χ3n) is 4.75. The molecule has 0 saturated carbocycles. The van der Waals surface area contributed by atoms with E-state index in [1.165, 1.54) is 0 Å². The van der Waals surface area contributed by atoms with E-state index in [9.17, 15) is 10.1 Å². The third-order valence-corrected chi connectivity index (χ3v) is 4.75. The van der Waals surface area contributed by atoms with Gasteiger partial charge >= 0.3 is 5.97 Å². The van der Waals surface area contributed by atoms with E-state index in [0.717, 1.165) is 5.56 Å². The third kappa shape index (κ3) is 4.45. The fourth-order valence-corrected chi connectivity index (χ4v) is 3.26. The fourth-order valence-electron chi connectivity index (χ4n) is 3.26. The predicted molar refractivity (Wildman–Crippen MR) is 110 cm³/mol. The van der Waals surface area contributed by atoms with Gasteiger partial charge in [0.25, 0.3) is 0 Å². The number of hydrogen-bond acceptors (Lipinski definition) is 5. The number of nitrogens with one attached hydrogen (secondary N) is 1. The minimum atomic E-state index is -1.25. The zero-order valence-electron chi connectivity index (χ0n) is 17.1. The molecule has 5 nitrogen and oxygen atoms in total. The van der Waals surface area contributed by atoms with Crippen LogP contribution in [0.3, 0.4) is 0 Å². The first-order valence-corrected chi connectivity index (χ1v) is 9.43. The van der Waals surface area contributed by atoms with Gasteiger partial charge < -0.3 is 14.8 Å². The van der Waals surface area contributed by atoms with Crippen LogP contribution in [-0.2, 0) is 9.53 Å². The molecule has 0 aliphatic heterocycles. The first-order valence-electron chi connectivity index (χ1n) is 9.43. The van der Waals surface area contributed by atoms with Gasteiger partial charge in [0.2, 0.25) is 0 Å². The summed E-state index contributed by atoms with van der Waals surface area (Å²) in [7, 11) is 1.60. The van der Waals surface area contributed by atoms with E-state index in [4.69, 9.17) is 9.47 Å². The van der Waals surface area contributed by atoms with E-state index in [-0.39, 0.29) is 12.0 Å². The standard InChI is InChI=1S/C23H28N2O3/c1-16(2)23(22(26)28-17(3)4,21(15-24)18-9-7-6-8-10-18)25-19-11-13-20(27-5)14-12-19/h6-14,16-17,21,25H,1-5H3. The van der Waals surface area contributed by atoms with Crippen molar-refractivity contribution in [3.8, 4) is 11.8 Å². The van der Waals surface area contributed by atoms with Gasteiger partial charge in [-0.05, 0) is 49.6 Å². The number of anilines is 1. The SMILES string of the molecule is COc1ccc(NC(C(=O)OC(C)C)(C(C)C)C(C#N)c2ccccc2)cc1. The second kappa shape index (κ2) is 9.27. The molecule has 148 valence electrons. The van der Waals surface area contributed by atoms with Gasteiger partial charge in [-0.2, -0.15) is 5.26 Å². The van der Waals surface area contributed by atoms with Crippen LogP contribution in [0.1, 0.15) is 39.2 Å². The molecule has 0 fully saturated rings. The Balaban J connectivity index is 2.59. The molecule has 0 heterocycles. The average molecular weight is 380 g/mol. The Morgan fingerprint density at radius 1 is 1.04 bits per heavy atom. The molecule has 0 aromatic heterocycles. The van der Waals surface area contributed by atoms with Crippen LogP contribution in [-0.4, -0.2) is 24.7 Å². The molecule has 2 atom stereocenters. The minimum Gasteiger partial charge on any atom is -0.497 e. The van der Waals surface area contributed by atoms with E-state index in [0.29, 0.717) is 11.4 Å². The van der Waals surface area contributed by atoms with Gasteiger partial charge in [0, 0.05) is 5.69 Å². The molecule has 0 spiro atoms. The van der Waals surface area contributed by atoms with Crippen molar-refractivity contribution in [1.82, 2.24) is 0 Å². The molecule has 0 aliphatic rings. The van der Waals surface area contributed by atoms with Crippen LogP contribution in [0.15, 0.2) is 54.6 Å². The first kappa shape index (κ1) is 21.3. The molecule has 0 amide bonds. The Hall–Kier alpha value is -3.00.